The summed E-state index contributed by atoms with van der Waals surface area (Å²) in [5, 5.41) is 3.96. The molecule has 1 aromatic carbocycles. The monoisotopic (exact) mass is 354 g/mol. The topological polar surface area (TPSA) is 101 Å². The molecule has 0 spiro atoms. The number of carbonyl (C=O) groups is 1. The molecule has 3 aromatic heterocycles. The van der Waals surface area contributed by atoms with Gasteiger partial charge in [-0.1, -0.05) is 12.1 Å². The van der Waals surface area contributed by atoms with Crippen molar-refractivity contribution in [3.05, 3.63) is 57.3 Å². The molecule has 0 aliphatic carbocycles. The minimum absolute atomic E-state index is 0.164. The van der Waals surface area contributed by atoms with Gasteiger partial charge in [0.25, 0.3) is 11.5 Å². The molecular weight excluding hydrogens is 340 g/mol. The molecule has 4 aromatic rings. The maximum atomic E-state index is 12.5. The Kier molecular flexibility index (Phi) is 3.81. The fraction of sp³-hybridized carbons (Fsp3) is 0.176. The van der Waals surface area contributed by atoms with Crippen molar-refractivity contribution >= 4 is 38.6 Å². The Morgan fingerprint density at radius 3 is 3.04 bits per heavy atom. The zero-order chi connectivity index (χ0) is 17.4. The normalized spacial score (nSPS) is 11.2. The van der Waals surface area contributed by atoms with E-state index in [2.05, 4.69) is 20.3 Å². The molecule has 0 radical (unpaired) electrons. The number of H-pyrrole nitrogens is 1. The van der Waals surface area contributed by atoms with Crippen molar-refractivity contribution in [1.29, 1.82) is 0 Å². The Bertz CT molecular complexity index is 1110. The number of aryl methyl sites for hydroxylation is 1. The van der Waals surface area contributed by atoms with E-state index in [-0.39, 0.29) is 22.6 Å². The van der Waals surface area contributed by atoms with Gasteiger partial charge in [0.2, 0.25) is 5.71 Å². The second-order valence-corrected chi connectivity index (χ2v) is 6.64. The molecule has 4 rings (SSSR count). The van der Waals surface area contributed by atoms with E-state index in [0.29, 0.717) is 18.7 Å². The summed E-state index contributed by atoms with van der Waals surface area (Å²) in [6, 6.07) is 7.92. The standard InChI is InChI=1S/C17H14N4O3S/c1-9-13(14-16(23)19-8-20-17(14)24-9)15(22)18-7-6-12-21-10-4-2-3-5-11(10)25-12/h2-5,8H,6-7H2,1H3,(H,18,22)(H,19,20,23). The molecule has 0 aliphatic heterocycles. The number of nitrogens with zero attached hydrogens (tertiary/aromatic N) is 2. The van der Waals surface area contributed by atoms with E-state index in [4.69, 9.17) is 4.42 Å². The average molecular weight is 354 g/mol. The van der Waals surface area contributed by atoms with Gasteiger partial charge in [-0.05, 0) is 19.1 Å². The molecular formula is C17H14N4O3S. The van der Waals surface area contributed by atoms with Crippen LogP contribution >= 0.6 is 11.3 Å². The third-order valence-electron chi connectivity index (χ3n) is 3.86. The van der Waals surface area contributed by atoms with Crippen molar-refractivity contribution in [3.8, 4) is 0 Å². The van der Waals surface area contributed by atoms with E-state index >= 15 is 0 Å². The van der Waals surface area contributed by atoms with Gasteiger partial charge in [0, 0.05) is 13.0 Å². The maximum absolute atomic E-state index is 12.5. The number of hydrogen-bond acceptors (Lipinski definition) is 6. The van der Waals surface area contributed by atoms with E-state index in [1.54, 1.807) is 18.3 Å². The summed E-state index contributed by atoms with van der Waals surface area (Å²) < 4.78 is 6.53. The van der Waals surface area contributed by atoms with E-state index in [9.17, 15) is 9.59 Å². The molecule has 0 unspecified atom stereocenters. The number of para-hydroxylation sites is 1. The second kappa shape index (κ2) is 6.14. The summed E-state index contributed by atoms with van der Waals surface area (Å²) in [7, 11) is 0. The molecule has 126 valence electrons. The van der Waals surface area contributed by atoms with Crippen LogP contribution in [0.15, 0.2) is 39.8 Å². The zero-order valence-corrected chi connectivity index (χ0v) is 14.1. The van der Waals surface area contributed by atoms with Gasteiger partial charge in [-0.3, -0.25) is 9.59 Å². The maximum Gasteiger partial charge on any atom is 0.262 e. The highest BCUT2D eigenvalue weighted by molar-refractivity contribution is 7.18. The lowest BCUT2D eigenvalue weighted by atomic mass is 10.2. The van der Waals surface area contributed by atoms with Crippen molar-refractivity contribution in [2.45, 2.75) is 13.3 Å². The summed E-state index contributed by atoms with van der Waals surface area (Å²) in [5.41, 5.74) is 0.965. The van der Waals surface area contributed by atoms with Crippen LogP contribution in [-0.4, -0.2) is 27.4 Å². The number of aromatic nitrogens is 3. The van der Waals surface area contributed by atoms with Gasteiger partial charge in [-0.25, -0.2) is 9.97 Å². The molecule has 0 fully saturated rings. The quantitative estimate of drug-likeness (QED) is 0.586. The fourth-order valence-electron chi connectivity index (χ4n) is 2.72. The molecule has 25 heavy (non-hydrogen) atoms. The lowest BCUT2D eigenvalue weighted by Gasteiger charge is -2.03. The van der Waals surface area contributed by atoms with Crippen molar-refractivity contribution in [2.24, 2.45) is 0 Å². The van der Waals surface area contributed by atoms with Gasteiger partial charge in [0.05, 0.1) is 27.1 Å². The highest BCUT2D eigenvalue weighted by Crippen LogP contribution is 2.22. The summed E-state index contributed by atoms with van der Waals surface area (Å²) in [5.74, 6) is 0.0209. The summed E-state index contributed by atoms with van der Waals surface area (Å²) in [4.78, 5) is 35.4. The number of thiazole rings is 1. The van der Waals surface area contributed by atoms with Gasteiger partial charge in [-0.2, -0.15) is 0 Å². The summed E-state index contributed by atoms with van der Waals surface area (Å²) >= 11 is 1.61. The largest absolute Gasteiger partial charge is 0.442 e. The van der Waals surface area contributed by atoms with Crippen molar-refractivity contribution in [1.82, 2.24) is 20.3 Å². The van der Waals surface area contributed by atoms with Crippen molar-refractivity contribution in [3.63, 3.8) is 0 Å². The number of rotatable bonds is 4. The molecule has 0 atom stereocenters. The van der Waals surface area contributed by atoms with Crippen molar-refractivity contribution in [2.75, 3.05) is 6.54 Å². The van der Waals surface area contributed by atoms with Crippen LogP contribution in [0.5, 0.6) is 0 Å². The Labute approximate surface area is 145 Å². The molecule has 0 bridgehead atoms. The van der Waals surface area contributed by atoms with E-state index < -0.39 is 5.56 Å². The molecule has 0 saturated heterocycles. The second-order valence-electron chi connectivity index (χ2n) is 5.53. The fourth-order valence-corrected chi connectivity index (χ4v) is 3.69. The minimum Gasteiger partial charge on any atom is -0.442 e. The van der Waals surface area contributed by atoms with Gasteiger partial charge in [-0.15, -0.1) is 11.3 Å². The number of amides is 1. The van der Waals surface area contributed by atoms with Crippen molar-refractivity contribution < 1.29 is 9.21 Å². The lowest BCUT2D eigenvalue weighted by Crippen LogP contribution is -2.27. The number of benzene rings is 1. The van der Waals surface area contributed by atoms with Gasteiger partial charge >= 0.3 is 0 Å². The minimum atomic E-state index is -0.391. The SMILES string of the molecule is Cc1oc2nc[nH]c(=O)c2c1C(=O)NCCc1nc2ccccc2s1. The van der Waals surface area contributed by atoms with E-state index in [1.807, 2.05) is 24.3 Å². The Hall–Kier alpha value is -3.00. The van der Waals surface area contributed by atoms with Gasteiger partial charge < -0.3 is 14.7 Å². The van der Waals surface area contributed by atoms with Crippen LogP contribution in [-0.2, 0) is 6.42 Å². The third-order valence-corrected chi connectivity index (χ3v) is 4.96. The summed E-state index contributed by atoms with van der Waals surface area (Å²) in [6.45, 7) is 2.06. The van der Waals surface area contributed by atoms with Crippen LogP contribution in [0.3, 0.4) is 0 Å². The molecule has 2 N–H and O–H groups in total. The number of aromatic amines is 1. The van der Waals surface area contributed by atoms with Gasteiger partial charge in [0.15, 0.2) is 0 Å². The Balaban J connectivity index is 1.51. The predicted molar refractivity (Wildman–Crippen MR) is 95.0 cm³/mol. The molecule has 0 saturated carbocycles. The highest BCUT2D eigenvalue weighted by Gasteiger charge is 2.21. The van der Waals surface area contributed by atoms with Gasteiger partial charge in [0.1, 0.15) is 11.1 Å². The molecule has 7 nitrogen and oxygen atoms in total. The van der Waals surface area contributed by atoms with Crippen LogP contribution in [0.2, 0.25) is 0 Å². The van der Waals surface area contributed by atoms with Crippen LogP contribution in [0.4, 0.5) is 0 Å². The Morgan fingerprint density at radius 2 is 2.20 bits per heavy atom. The molecule has 8 heteroatoms. The molecule has 0 aliphatic rings. The number of hydrogen-bond donors (Lipinski definition) is 2. The van der Waals surface area contributed by atoms with E-state index in [0.717, 1.165) is 15.2 Å². The first-order chi connectivity index (χ1) is 12.1. The highest BCUT2D eigenvalue weighted by atomic mass is 32.1. The van der Waals surface area contributed by atoms with Crippen LogP contribution < -0.4 is 10.9 Å². The van der Waals surface area contributed by atoms with E-state index in [1.165, 1.54) is 6.33 Å². The first kappa shape index (κ1) is 15.5. The smallest absolute Gasteiger partial charge is 0.262 e. The molecule has 1 amide bonds. The third kappa shape index (κ3) is 2.80. The number of furan rings is 1. The molecule has 3 heterocycles. The van der Waals surface area contributed by atoms with Crippen LogP contribution in [0.25, 0.3) is 21.3 Å². The number of fused-ring (bicyclic) bond motifs is 2. The van der Waals surface area contributed by atoms with Crippen LogP contribution in [0.1, 0.15) is 21.1 Å². The van der Waals surface area contributed by atoms with Crippen LogP contribution in [0, 0.1) is 6.92 Å². The number of carbonyl (C=O) groups excluding carboxylic acids is 1. The average Bonchev–Trinajstić information content (AvgIpc) is 3.15. The predicted octanol–water partition coefficient (Wildman–Crippen LogP) is 2.41. The lowest BCUT2D eigenvalue weighted by molar-refractivity contribution is 0.0954. The first-order valence-electron chi connectivity index (χ1n) is 7.73. The zero-order valence-electron chi connectivity index (χ0n) is 13.3. The first-order valence-corrected chi connectivity index (χ1v) is 8.54. The Morgan fingerprint density at radius 1 is 1.36 bits per heavy atom. The number of nitrogens with one attached hydrogen (secondary N) is 2. The summed E-state index contributed by atoms with van der Waals surface area (Å²) in [6.07, 6.45) is 1.87.